The fourth-order valence-corrected chi connectivity index (χ4v) is 0.412. The molecule has 0 bridgehead atoms. The fraction of sp³-hybridized carbons (Fsp3) is 0.500. The van der Waals surface area contributed by atoms with Crippen LogP contribution in [-0.4, -0.2) is 6.61 Å². The molecule has 0 aliphatic rings. The Morgan fingerprint density at radius 1 is 1.22 bits per heavy atom. The molecule has 0 fully saturated rings. The van der Waals surface area contributed by atoms with Crippen molar-refractivity contribution in [1.29, 1.82) is 0 Å². The van der Waals surface area contributed by atoms with Gasteiger partial charge in [-0.15, -0.1) is 0 Å². The molecule has 0 unspecified atom stereocenters. The van der Waals surface area contributed by atoms with Gasteiger partial charge in [-0.3, -0.25) is 0 Å². The highest BCUT2D eigenvalue weighted by Crippen LogP contribution is 1.82. The number of hydrogen-bond acceptors (Lipinski definition) is 1. The van der Waals surface area contributed by atoms with Crippen LogP contribution >= 0.6 is 0 Å². The van der Waals surface area contributed by atoms with Gasteiger partial charge in [0.1, 0.15) is 0 Å². The first-order valence-corrected chi connectivity index (χ1v) is 3.35. The van der Waals surface area contributed by atoms with Crippen LogP contribution in [-0.2, 0) is 4.74 Å². The Morgan fingerprint density at radius 3 is 2.56 bits per heavy atom. The van der Waals surface area contributed by atoms with E-state index in [1.165, 1.54) is 0 Å². The molecule has 0 amide bonds. The molecule has 0 aliphatic heterocycles. The summed E-state index contributed by atoms with van der Waals surface area (Å²) >= 11 is 0. The molecule has 0 spiro atoms. The second-order valence-electron chi connectivity index (χ2n) is 1.62. The van der Waals surface area contributed by atoms with Crippen LogP contribution < -0.4 is 0 Å². The van der Waals surface area contributed by atoms with E-state index in [4.69, 9.17) is 4.74 Å². The lowest BCUT2D eigenvalue weighted by Gasteiger charge is -1.87. The van der Waals surface area contributed by atoms with E-state index in [1.54, 1.807) is 6.26 Å². The van der Waals surface area contributed by atoms with E-state index < -0.39 is 0 Å². The molecule has 0 rings (SSSR count). The number of allylic oxidation sites excluding steroid dienone is 3. The maximum Gasteiger partial charge on any atom is 0.0845 e. The molecule has 0 saturated carbocycles. The van der Waals surface area contributed by atoms with Crippen LogP contribution in [0, 0.1) is 0 Å². The molecule has 0 radical (unpaired) electrons. The van der Waals surface area contributed by atoms with E-state index in [0.717, 1.165) is 13.0 Å². The van der Waals surface area contributed by atoms with Crippen molar-refractivity contribution in [3.8, 4) is 0 Å². The van der Waals surface area contributed by atoms with Gasteiger partial charge in [0.05, 0.1) is 12.9 Å². The Hall–Kier alpha value is -0.720. The van der Waals surface area contributed by atoms with E-state index in [1.807, 2.05) is 19.1 Å². The highest BCUT2D eigenvalue weighted by atomic mass is 16.5. The molecule has 0 atom stereocenters. The minimum atomic E-state index is 0.746. The monoisotopic (exact) mass is 126 g/mol. The van der Waals surface area contributed by atoms with Crippen molar-refractivity contribution >= 4 is 0 Å². The highest BCUT2D eigenvalue weighted by Gasteiger charge is 1.65. The van der Waals surface area contributed by atoms with E-state index in [0.29, 0.717) is 0 Å². The van der Waals surface area contributed by atoms with Gasteiger partial charge in [-0.25, -0.2) is 0 Å². The Morgan fingerprint density at radius 2 is 2.00 bits per heavy atom. The van der Waals surface area contributed by atoms with Crippen molar-refractivity contribution < 1.29 is 4.74 Å². The van der Waals surface area contributed by atoms with E-state index in [-0.39, 0.29) is 0 Å². The molecule has 9 heavy (non-hydrogen) atoms. The van der Waals surface area contributed by atoms with Crippen molar-refractivity contribution in [3.63, 3.8) is 0 Å². The third-order valence-corrected chi connectivity index (χ3v) is 0.824. The van der Waals surface area contributed by atoms with Gasteiger partial charge in [0.2, 0.25) is 0 Å². The van der Waals surface area contributed by atoms with Crippen LogP contribution in [0.15, 0.2) is 24.5 Å². The van der Waals surface area contributed by atoms with Crippen LogP contribution in [0.5, 0.6) is 0 Å². The predicted molar refractivity (Wildman–Crippen MR) is 40.2 cm³/mol. The standard InChI is InChI=1S/C8H14O/c1-3-5-6-7-8-9-4-2/h5-8H,3-4H2,1-2H3/b6-5-,8-7+. The lowest BCUT2D eigenvalue weighted by Crippen LogP contribution is -1.74. The molecule has 52 valence electrons. The highest BCUT2D eigenvalue weighted by molar-refractivity contribution is 4.98. The van der Waals surface area contributed by atoms with Crippen molar-refractivity contribution in [2.24, 2.45) is 0 Å². The van der Waals surface area contributed by atoms with Crippen molar-refractivity contribution in [2.75, 3.05) is 6.61 Å². The van der Waals surface area contributed by atoms with E-state index in [9.17, 15) is 0 Å². The SMILES string of the molecule is CC/C=C\C=C\OCC. The zero-order valence-electron chi connectivity index (χ0n) is 6.13. The summed E-state index contributed by atoms with van der Waals surface area (Å²) in [5.74, 6) is 0. The minimum Gasteiger partial charge on any atom is -0.501 e. The van der Waals surface area contributed by atoms with Crippen LogP contribution in [0.2, 0.25) is 0 Å². The second-order valence-corrected chi connectivity index (χ2v) is 1.62. The molecule has 0 aliphatic carbocycles. The van der Waals surface area contributed by atoms with Gasteiger partial charge in [-0.2, -0.15) is 0 Å². The number of hydrogen-bond donors (Lipinski definition) is 0. The fourth-order valence-electron chi connectivity index (χ4n) is 0.412. The van der Waals surface area contributed by atoms with Crippen LogP contribution in [0.3, 0.4) is 0 Å². The first kappa shape index (κ1) is 8.28. The van der Waals surface area contributed by atoms with Crippen LogP contribution in [0.4, 0.5) is 0 Å². The first-order chi connectivity index (χ1) is 4.41. The summed E-state index contributed by atoms with van der Waals surface area (Å²) in [7, 11) is 0. The smallest absolute Gasteiger partial charge is 0.0845 e. The minimum absolute atomic E-state index is 0.746. The molecule has 0 aromatic carbocycles. The van der Waals surface area contributed by atoms with Crippen molar-refractivity contribution in [2.45, 2.75) is 20.3 Å². The van der Waals surface area contributed by atoms with Gasteiger partial charge < -0.3 is 4.74 Å². The van der Waals surface area contributed by atoms with Gasteiger partial charge in [0.25, 0.3) is 0 Å². The van der Waals surface area contributed by atoms with E-state index >= 15 is 0 Å². The van der Waals surface area contributed by atoms with Gasteiger partial charge in [-0.05, 0) is 19.4 Å². The van der Waals surface area contributed by atoms with Gasteiger partial charge in [0.15, 0.2) is 0 Å². The van der Waals surface area contributed by atoms with Crippen molar-refractivity contribution in [3.05, 3.63) is 24.5 Å². The van der Waals surface area contributed by atoms with Gasteiger partial charge >= 0.3 is 0 Å². The molecule has 1 nitrogen and oxygen atoms in total. The van der Waals surface area contributed by atoms with Crippen LogP contribution in [0.25, 0.3) is 0 Å². The summed E-state index contributed by atoms with van der Waals surface area (Å²) < 4.78 is 4.95. The van der Waals surface area contributed by atoms with E-state index in [2.05, 4.69) is 13.0 Å². The third-order valence-electron chi connectivity index (χ3n) is 0.824. The molecule has 0 aromatic heterocycles. The molecule has 0 aromatic rings. The largest absolute Gasteiger partial charge is 0.501 e. The molecular weight excluding hydrogens is 112 g/mol. The average Bonchev–Trinajstić information content (AvgIpc) is 1.89. The second kappa shape index (κ2) is 7.28. The third kappa shape index (κ3) is 7.28. The van der Waals surface area contributed by atoms with Gasteiger partial charge in [0, 0.05) is 0 Å². The summed E-state index contributed by atoms with van der Waals surface area (Å²) in [5.41, 5.74) is 0. The van der Waals surface area contributed by atoms with Crippen LogP contribution in [0.1, 0.15) is 20.3 Å². The Balaban J connectivity index is 3.13. The summed E-state index contributed by atoms with van der Waals surface area (Å²) in [4.78, 5) is 0. The quantitative estimate of drug-likeness (QED) is 0.415. The van der Waals surface area contributed by atoms with Crippen molar-refractivity contribution in [1.82, 2.24) is 0 Å². The predicted octanol–water partition coefficient (Wildman–Crippen LogP) is 2.50. The summed E-state index contributed by atoms with van der Waals surface area (Å²) in [5, 5.41) is 0. The molecule has 0 heterocycles. The average molecular weight is 126 g/mol. The topological polar surface area (TPSA) is 9.23 Å². The summed E-state index contributed by atoms with van der Waals surface area (Å²) in [6.45, 7) is 4.81. The maximum absolute atomic E-state index is 4.95. The zero-order valence-corrected chi connectivity index (χ0v) is 6.13. The molecule has 0 saturated heterocycles. The lowest BCUT2D eigenvalue weighted by atomic mass is 10.4. The molecule has 0 N–H and O–H groups in total. The first-order valence-electron chi connectivity index (χ1n) is 3.35. The maximum atomic E-state index is 4.95. The normalized spacial score (nSPS) is 11.3. The molecule has 1 heteroatoms. The zero-order chi connectivity index (χ0) is 6.95. The number of ether oxygens (including phenoxy) is 1. The summed E-state index contributed by atoms with van der Waals surface area (Å²) in [6.07, 6.45) is 8.74. The lowest BCUT2D eigenvalue weighted by molar-refractivity contribution is 0.269. The Bertz CT molecular complexity index is 92.7. The Kier molecular flexibility index (Phi) is 6.70. The summed E-state index contributed by atoms with van der Waals surface area (Å²) in [6, 6.07) is 0. The Labute approximate surface area is 57.0 Å². The van der Waals surface area contributed by atoms with Gasteiger partial charge in [-0.1, -0.05) is 19.1 Å². The molecular formula is C8H14O. The number of rotatable bonds is 4.